The van der Waals surface area contributed by atoms with Gasteiger partial charge in [-0.25, -0.2) is 0 Å². The highest BCUT2D eigenvalue weighted by atomic mass is 16.5. The number of carbonyl (C=O) groups excluding carboxylic acids is 2. The molecule has 1 aliphatic rings. The highest BCUT2D eigenvalue weighted by Gasteiger charge is 2.27. The molecule has 0 saturated carbocycles. The average Bonchev–Trinajstić information content (AvgIpc) is 2.25. The van der Waals surface area contributed by atoms with Crippen molar-refractivity contribution in [2.45, 2.75) is 32.4 Å². The van der Waals surface area contributed by atoms with E-state index in [0.29, 0.717) is 26.2 Å². The van der Waals surface area contributed by atoms with Gasteiger partial charge in [0.1, 0.15) is 0 Å². The summed E-state index contributed by atoms with van der Waals surface area (Å²) in [6, 6.07) is -0.263. The average molecular weight is 244 g/mol. The van der Waals surface area contributed by atoms with E-state index in [1.165, 1.54) is 0 Å². The minimum Gasteiger partial charge on any atom is -0.466 e. The normalized spacial score (nSPS) is 23.0. The molecule has 1 fully saturated rings. The van der Waals surface area contributed by atoms with Crippen LogP contribution >= 0.6 is 0 Å². The number of piperazine rings is 1. The smallest absolute Gasteiger partial charge is 0.308 e. The molecule has 0 aromatic rings. The van der Waals surface area contributed by atoms with E-state index in [1.807, 2.05) is 4.90 Å². The van der Waals surface area contributed by atoms with E-state index in [-0.39, 0.29) is 18.4 Å². The molecule has 0 aromatic heterocycles. The number of hydrogen-bond donors (Lipinski definition) is 2. The lowest BCUT2D eigenvalue weighted by Gasteiger charge is -2.33. The van der Waals surface area contributed by atoms with Gasteiger partial charge in [-0.15, -0.1) is 0 Å². The molecular weight excluding hydrogens is 224 g/mol. The lowest BCUT2D eigenvalue weighted by molar-refractivity contribution is -0.145. The molecule has 2 N–H and O–H groups in total. The largest absolute Gasteiger partial charge is 0.466 e. The fraction of sp³-hybridized carbons (Fsp3) is 0.818. The Balaban J connectivity index is 2.37. The Morgan fingerprint density at radius 3 is 3.06 bits per heavy atom. The van der Waals surface area contributed by atoms with Gasteiger partial charge in [0.05, 0.1) is 25.2 Å². The topological polar surface area (TPSA) is 78.9 Å². The van der Waals surface area contributed by atoms with E-state index in [1.54, 1.807) is 13.8 Å². The van der Waals surface area contributed by atoms with Gasteiger partial charge in [-0.05, 0) is 13.8 Å². The van der Waals surface area contributed by atoms with Crippen LogP contribution < -0.4 is 5.32 Å². The van der Waals surface area contributed by atoms with Crippen molar-refractivity contribution in [1.82, 2.24) is 10.2 Å². The quantitative estimate of drug-likeness (QED) is 0.614. The van der Waals surface area contributed by atoms with Gasteiger partial charge in [-0.3, -0.25) is 14.5 Å². The Labute approximate surface area is 101 Å². The Hall–Kier alpha value is -1.14. The molecule has 2 unspecified atom stereocenters. The van der Waals surface area contributed by atoms with Crippen LogP contribution in [0.4, 0.5) is 0 Å². The van der Waals surface area contributed by atoms with Crippen LogP contribution in [0.3, 0.4) is 0 Å². The van der Waals surface area contributed by atoms with Crippen molar-refractivity contribution in [1.29, 1.82) is 0 Å². The highest BCUT2D eigenvalue weighted by molar-refractivity contribution is 5.82. The molecule has 0 radical (unpaired) electrons. The Morgan fingerprint density at radius 1 is 1.71 bits per heavy atom. The van der Waals surface area contributed by atoms with Gasteiger partial charge >= 0.3 is 5.97 Å². The van der Waals surface area contributed by atoms with Crippen LogP contribution in [0.5, 0.6) is 0 Å². The zero-order valence-electron chi connectivity index (χ0n) is 10.3. The molecule has 1 aliphatic heterocycles. The number of carbonyl (C=O) groups is 2. The molecule has 1 amide bonds. The first kappa shape index (κ1) is 13.9. The van der Waals surface area contributed by atoms with Gasteiger partial charge in [-0.2, -0.15) is 0 Å². The van der Waals surface area contributed by atoms with E-state index in [2.05, 4.69) is 5.32 Å². The van der Waals surface area contributed by atoms with Crippen molar-refractivity contribution in [3.63, 3.8) is 0 Å². The van der Waals surface area contributed by atoms with E-state index in [0.717, 1.165) is 0 Å². The molecule has 98 valence electrons. The molecule has 0 spiro atoms. The fourth-order valence-electron chi connectivity index (χ4n) is 1.83. The standard InChI is InChI=1S/C11H20N2O4/c1-3-17-10(15)6-9(14)7-13-5-4-12-11(16)8(13)2/h8-9,14H,3-7H2,1-2H3,(H,12,16). The summed E-state index contributed by atoms with van der Waals surface area (Å²) in [5, 5.41) is 12.5. The molecule has 2 atom stereocenters. The minimum absolute atomic E-state index is 0.0291. The first-order valence-electron chi connectivity index (χ1n) is 5.90. The van der Waals surface area contributed by atoms with E-state index < -0.39 is 12.1 Å². The van der Waals surface area contributed by atoms with Crippen LogP contribution in [0.15, 0.2) is 0 Å². The predicted molar refractivity (Wildman–Crippen MR) is 61.3 cm³/mol. The Kier molecular flexibility index (Phi) is 5.37. The minimum atomic E-state index is -0.789. The Bertz CT molecular complexity index is 283. The van der Waals surface area contributed by atoms with Crippen LogP contribution in [0.25, 0.3) is 0 Å². The fourth-order valence-corrected chi connectivity index (χ4v) is 1.83. The van der Waals surface area contributed by atoms with Crippen molar-refractivity contribution in [3.8, 4) is 0 Å². The summed E-state index contributed by atoms with van der Waals surface area (Å²) in [5.41, 5.74) is 0. The summed E-state index contributed by atoms with van der Waals surface area (Å²) in [6.07, 6.45) is -0.819. The second-order valence-electron chi connectivity index (χ2n) is 4.12. The maximum Gasteiger partial charge on any atom is 0.308 e. The van der Waals surface area contributed by atoms with Gasteiger partial charge < -0.3 is 15.2 Å². The van der Waals surface area contributed by atoms with E-state index in [9.17, 15) is 14.7 Å². The van der Waals surface area contributed by atoms with Crippen LogP contribution in [-0.2, 0) is 14.3 Å². The number of esters is 1. The summed E-state index contributed by atoms with van der Waals surface area (Å²) in [6.45, 7) is 5.40. The van der Waals surface area contributed by atoms with E-state index >= 15 is 0 Å². The zero-order chi connectivity index (χ0) is 12.8. The third-order valence-corrected chi connectivity index (χ3v) is 2.78. The molecule has 1 rings (SSSR count). The monoisotopic (exact) mass is 244 g/mol. The van der Waals surface area contributed by atoms with Gasteiger partial charge in [0.2, 0.25) is 5.91 Å². The van der Waals surface area contributed by atoms with Gasteiger partial charge in [0.15, 0.2) is 0 Å². The van der Waals surface area contributed by atoms with Crippen molar-refractivity contribution in [2.75, 3.05) is 26.2 Å². The summed E-state index contributed by atoms with van der Waals surface area (Å²) in [7, 11) is 0. The Morgan fingerprint density at radius 2 is 2.41 bits per heavy atom. The molecule has 6 nitrogen and oxygen atoms in total. The molecule has 17 heavy (non-hydrogen) atoms. The number of rotatable bonds is 5. The number of ether oxygens (including phenoxy) is 1. The summed E-state index contributed by atoms with van der Waals surface area (Å²) in [5.74, 6) is -0.450. The molecule has 1 saturated heterocycles. The third-order valence-electron chi connectivity index (χ3n) is 2.78. The number of aliphatic hydroxyl groups excluding tert-OH is 1. The summed E-state index contributed by atoms with van der Waals surface area (Å²) >= 11 is 0. The predicted octanol–water partition coefficient (Wildman–Crippen LogP) is -0.879. The lowest BCUT2D eigenvalue weighted by Crippen LogP contribution is -2.55. The maximum atomic E-state index is 11.4. The second-order valence-corrected chi connectivity index (χ2v) is 4.12. The number of aliphatic hydroxyl groups is 1. The number of nitrogens with zero attached hydrogens (tertiary/aromatic N) is 1. The molecule has 6 heteroatoms. The highest BCUT2D eigenvalue weighted by Crippen LogP contribution is 2.06. The number of amides is 1. The zero-order valence-corrected chi connectivity index (χ0v) is 10.3. The van der Waals surface area contributed by atoms with Crippen molar-refractivity contribution < 1.29 is 19.4 Å². The summed E-state index contributed by atoms with van der Waals surface area (Å²) in [4.78, 5) is 24.4. The van der Waals surface area contributed by atoms with Crippen LogP contribution in [0.2, 0.25) is 0 Å². The first-order chi connectivity index (χ1) is 8.04. The third kappa shape index (κ3) is 4.32. The van der Waals surface area contributed by atoms with Crippen LogP contribution in [0.1, 0.15) is 20.3 Å². The first-order valence-corrected chi connectivity index (χ1v) is 5.90. The van der Waals surface area contributed by atoms with Crippen molar-refractivity contribution in [3.05, 3.63) is 0 Å². The van der Waals surface area contributed by atoms with Gasteiger partial charge in [0.25, 0.3) is 0 Å². The summed E-state index contributed by atoms with van der Waals surface area (Å²) < 4.78 is 4.75. The van der Waals surface area contributed by atoms with Crippen LogP contribution in [0, 0.1) is 0 Å². The maximum absolute atomic E-state index is 11.4. The lowest BCUT2D eigenvalue weighted by atomic mass is 10.1. The second kappa shape index (κ2) is 6.56. The molecule has 0 aliphatic carbocycles. The van der Waals surface area contributed by atoms with Crippen molar-refractivity contribution >= 4 is 11.9 Å². The van der Waals surface area contributed by atoms with Crippen LogP contribution in [-0.4, -0.2) is 60.3 Å². The van der Waals surface area contributed by atoms with Crippen molar-refractivity contribution in [2.24, 2.45) is 0 Å². The number of hydrogen-bond acceptors (Lipinski definition) is 5. The number of nitrogens with one attached hydrogen (secondary N) is 1. The molecule has 1 heterocycles. The SMILES string of the molecule is CCOC(=O)CC(O)CN1CCNC(=O)C1C. The van der Waals surface area contributed by atoms with Gasteiger partial charge in [0, 0.05) is 19.6 Å². The number of β-amino-alcohol motifs (C(OH)–C–C–N with tert-alkyl or cyclic N) is 1. The van der Waals surface area contributed by atoms with E-state index in [4.69, 9.17) is 4.74 Å². The molecule has 0 aromatic carbocycles. The molecular formula is C11H20N2O4. The van der Waals surface area contributed by atoms with Gasteiger partial charge in [-0.1, -0.05) is 0 Å². The molecule has 0 bridgehead atoms.